The molecule has 3 aromatic rings. The van der Waals surface area contributed by atoms with E-state index < -0.39 is 0 Å². The van der Waals surface area contributed by atoms with Gasteiger partial charge in [0.2, 0.25) is 0 Å². The summed E-state index contributed by atoms with van der Waals surface area (Å²) in [5, 5.41) is 8.23. The number of hydrogen-bond acceptors (Lipinski definition) is 4. The van der Waals surface area contributed by atoms with Crippen LogP contribution in [0.3, 0.4) is 0 Å². The van der Waals surface area contributed by atoms with Crippen molar-refractivity contribution in [3.63, 3.8) is 0 Å². The number of aromatic nitrogens is 3. The van der Waals surface area contributed by atoms with Crippen LogP contribution in [0.1, 0.15) is 24.8 Å². The predicted octanol–water partition coefficient (Wildman–Crippen LogP) is 3.81. The summed E-state index contributed by atoms with van der Waals surface area (Å²) >= 11 is 0. The summed E-state index contributed by atoms with van der Waals surface area (Å²) in [7, 11) is 0. The molecule has 2 aliphatic rings. The van der Waals surface area contributed by atoms with E-state index in [1.54, 1.807) is 0 Å². The van der Waals surface area contributed by atoms with Crippen molar-refractivity contribution < 1.29 is 0 Å². The van der Waals surface area contributed by atoms with Crippen LogP contribution in [0.15, 0.2) is 48.9 Å². The highest BCUT2D eigenvalue weighted by molar-refractivity contribution is 5.85. The topological polar surface area (TPSA) is 45.5 Å². The average Bonchev–Trinajstić information content (AvgIpc) is 3.12. The molecule has 1 aromatic carbocycles. The number of rotatable bonds is 3. The third kappa shape index (κ3) is 4.18. The molecule has 4 heterocycles. The first-order valence-electron chi connectivity index (χ1n) is 9.70. The summed E-state index contributed by atoms with van der Waals surface area (Å²) in [6.07, 6.45) is 10.0. The van der Waals surface area contributed by atoms with Gasteiger partial charge in [0.05, 0.1) is 6.20 Å². The minimum Gasteiger partial charge on any atom is -0.314 e. The summed E-state index contributed by atoms with van der Waals surface area (Å²) in [6.45, 7) is 4.53. The van der Waals surface area contributed by atoms with Crippen LogP contribution < -0.4 is 5.32 Å². The number of hydrogen-bond donors (Lipinski definition) is 1. The van der Waals surface area contributed by atoms with E-state index >= 15 is 0 Å². The van der Waals surface area contributed by atoms with E-state index in [-0.39, 0.29) is 24.8 Å². The van der Waals surface area contributed by atoms with Crippen LogP contribution in [0.25, 0.3) is 16.8 Å². The Morgan fingerprint density at radius 2 is 1.93 bits per heavy atom. The Bertz CT molecular complexity index is 898. The van der Waals surface area contributed by atoms with Gasteiger partial charge in [0.1, 0.15) is 0 Å². The second-order valence-corrected chi connectivity index (χ2v) is 7.64. The van der Waals surface area contributed by atoms with E-state index in [2.05, 4.69) is 45.8 Å². The summed E-state index contributed by atoms with van der Waals surface area (Å²) in [4.78, 5) is 7.31. The van der Waals surface area contributed by atoms with Gasteiger partial charge in [0.15, 0.2) is 5.65 Å². The lowest BCUT2D eigenvalue weighted by molar-refractivity contribution is 0.109. The molecule has 0 spiro atoms. The van der Waals surface area contributed by atoms with Crippen molar-refractivity contribution in [2.45, 2.75) is 31.8 Å². The molecule has 0 amide bonds. The fourth-order valence-electron chi connectivity index (χ4n) is 4.54. The maximum atomic E-state index is 4.73. The van der Waals surface area contributed by atoms with Crippen molar-refractivity contribution in [3.8, 4) is 11.1 Å². The van der Waals surface area contributed by atoms with Crippen LogP contribution in [0.4, 0.5) is 0 Å². The lowest BCUT2D eigenvalue weighted by atomic mass is 9.85. The minimum atomic E-state index is 0. The highest BCUT2D eigenvalue weighted by Crippen LogP contribution is 2.26. The van der Waals surface area contributed by atoms with Gasteiger partial charge >= 0.3 is 0 Å². The molecule has 2 atom stereocenters. The molecule has 0 bridgehead atoms. The van der Waals surface area contributed by atoms with Gasteiger partial charge in [0.25, 0.3) is 0 Å². The number of piperidine rings is 2. The lowest BCUT2D eigenvalue weighted by Crippen LogP contribution is -2.51. The average molecular weight is 420 g/mol. The first kappa shape index (κ1) is 21.1. The quantitative estimate of drug-likeness (QED) is 0.700. The third-order valence-electron chi connectivity index (χ3n) is 5.88. The van der Waals surface area contributed by atoms with Gasteiger partial charge in [-0.15, -0.1) is 24.8 Å². The molecule has 5 rings (SSSR count). The zero-order chi connectivity index (χ0) is 17.3. The number of likely N-dealkylation sites (tertiary alicyclic amines) is 1. The molecule has 5 nitrogen and oxygen atoms in total. The van der Waals surface area contributed by atoms with Gasteiger partial charge < -0.3 is 5.32 Å². The summed E-state index contributed by atoms with van der Waals surface area (Å²) in [5.41, 5.74) is 4.42. The van der Waals surface area contributed by atoms with Crippen molar-refractivity contribution >= 4 is 30.5 Å². The number of fused-ring (bicyclic) bond motifs is 2. The maximum Gasteiger partial charge on any atom is 0.162 e. The maximum absolute atomic E-state index is 4.73. The number of halogens is 2. The van der Waals surface area contributed by atoms with Crippen molar-refractivity contribution in [3.05, 3.63) is 54.5 Å². The first-order valence-corrected chi connectivity index (χ1v) is 9.70. The Balaban J connectivity index is 0.00000112. The number of nitrogens with one attached hydrogen (secondary N) is 1. The van der Waals surface area contributed by atoms with Crippen molar-refractivity contribution in [1.29, 1.82) is 0 Å². The van der Waals surface area contributed by atoms with Crippen molar-refractivity contribution in [1.82, 2.24) is 24.8 Å². The van der Waals surface area contributed by atoms with Gasteiger partial charge in [-0.05, 0) is 43.8 Å². The standard InChI is InChI=1S/C21H25N5.2ClH/c1-2-5-17(6-3-1)19-12-24-26-14-16(11-23-21(19)26)13-25-10-8-20-18(15-25)7-4-9-22-20;;/h1-3,5-6,11-12,14,18,20,22H,4,7-10,13,15H2;2*1H/t18-,20+;;/m1../s1. The molecule has 1 N–H and O–H groups in total. The Morgan fingerprint density at radius 1 is 1.07 bits per heavy atom. The van der Waals surface area contributed by atoms with E-state index in [0.717, 1.165) is 35.3 Å². The molecule has 28 heavy (non-hydrogen) atoms. The van der Waals surface area contributed by atoms with Gasteiger partial charge in [-0.25, -0.2) is 9.50 Å². The highest BCUT2D eigenvalue weighted by Gasteiger charge is 2.30. The van der Waals surface area contributed by atoms with Crippen LogP contribution in [0.5, 0.6) is 0 Å². The number of benzene rings is 1. The van der Waals surface area contributed by atoms with Crippen LogP contribution in [-0.4, -0.2) is 45.2 Å². The largest absolute Gasteiger partial charge is 0.314 e. The molecule has 2 saturated heterocycles. The van der Waals surface area contributed by atoms with E-state index in [1.807, 2.05) is 23.0 Å². The summed E-state index contributed by atoms with van der Waals surface area (Å²) in [5.74, 6) is 0.809. The van der Waals surface area contributed by atoms with Crippen LogP contribution >= 0.6 is 24.8 Å². The molecule has 150 valence electrons. The monoisotopic (exact) mass is 419 g/mol. The SMILES string of the molecule is Cl.Cl.c1ccc(-c2cnn3cc(CN4CC[C@@H]5NCCC[C@@H]5C4)cnc23)cc1. The summed E-state index contributed by atoms with van der Waals surface area (Å²) < 4.78 is 1.92. The predicted molar refractivity (Wildman–Crippen MR) is 117 cm³/mol. The Morgan fingerprint density at radius 3 is 2.79 bits per heavy atom. The molecule has 2 fully saturated rings. The zero-order valence-electron chi connectivity index (χ0n) is 15.8. The van der Waals surface area contributed by atoms with Crippen molar-refractivity contribution in [2.75, 3.05) is 19.6 Å². The van der Waals surface area contributed by atoms with Gasteiger partial charge in [-0.2, -0.15) is 5.10 Å². The first-order chi connectivity index (χ1) is 12.9. The molecule has 0 radical (unpaired) electrons. The normalized spacial score (nSPS) is 22.1. The molecule has 2 aromatic heterocycles. The Kier molecular flexibility index (Phi) is 6.94. The molecule has 0 unspecified atom stereocenters. The molecular weight excluding hydrogens is 393 g/mol. The van der Waals surface area contributed by atoms with Crippen LogP contribution in [-0.2, 0) is 6.54 Å². The molecule has 2 aliphatic heterocycles. The van der Waals surface area contributed by atoms with Gasteiger partial charge in [0, 0.05) is 42.7 Å². The fourth-order valence-corrected chi connectivity index (χ4v) is 4.54. The lowest BCUT2D eigenvalue weighted by Gasteiger charge is -2.41. The fraction of sp³-hybridized carbons (Fsp3) is 0.429. The van der Waals surface area contributed by atoms with Gasteiger partial charge in [-0.1, -0.05) is 30.3 Å². The second kappa shape index (κ2) is 9.23. The second-order valence-electron chi connectivity index (χ2n) is 7.64. The Hall–Kier alpha value is -1.66. The van der Waals surface area contributed by atoms with E-state index in [0.29, 0.717) is 0 Å². The van der Waals surface area contributed by atoms with Crippen LogP contribution in [0.2, 0.25) is 0 Å². The van der Waals surface area contributed by atoms with Crippen molar-refractivity contribution in [2.24, 2.45) is 5.92 Å². The minimum absolute atomic E-state index is 0. The molecule has 0 aliphatic carbocycles. The Labute approximate surface area is 178 Å². The summed E-state index contributed by atoms with van der Waals surface area (Å²) in [6, 6.07) is 11.1. The molecular formula is C21H27Cl2N5. The van der Waals surface area contributed by atoms with Gasteiger partial charge in [-0.3, -0.25) is 4.90 Å². The highest BCUT2D eigenvalue weighted by atomic mass is 35.5. The van der Waals surface area contributed by atoms with E-state index in [1.165, 1.54) is 44.5 Å². The zero-order valence-corrected chi connectivity index (χ0v) is 17.5. The van der Waals surface area contributed by atoms with E-state index in [4.69, 9.17) is 4.98 Å². The smallest absolute Gasteiger partial charge is 0.162 e. The number of nitrogens with zero attached hydrogens (tertiary/aromatic N) is 4. The van der Waals surface area contributed by atoms with E-state index in [9.17, 15) is 0 Å². The molecule has 0 saturated carbocycles. The molecule has 7 heteroatoms. The van der Waals surface area contributed by atoms with Crippen LogP contribution in [0, 0.1) is 5.92 Å². The third-order valence-corrected chi connectivity index (χ3v) is 5.88.